The number of nitrogens with zero attached hydrogens (tertiary/aromatic N) is 1. The fraction of sp³-hybridized carbons (Fsp3) is 0.214. The van der Waals surface area contributed by atoms with Crippen LogP contribution in [0.1, 0.15) is 16.0 Å². The molecule has 1 aromatic heterocycles. The lowest BCUT2D eigenvalue weighted by atomic mass is 10.1. The van der Waals surface area contributed by atoms with Gasteiger partial charge in [-0.2, -0.15) is 0 Å². The van der Waals surface area contributed by atoms with Crippen molar-refractivity contribution in [3.63, 3.8) is 0 Å². The average molecular weight is 292 g/mol. The van der Waals surface area contributed by atoms with Crippen LogP contribution in [0.2, 0.25) is 0 Å². The number of benzene rings is 1. The van der Waals surface area contributed by atoms with Crippen LogP contribution < -0.4 is 10.5 Å². The van der Waals surface area contributed by atoms with Crippen molar-refractivity contribution in [1.82, 2.24) is 0 Å². The molecule has 0 amide bonds. The molecule has 106 valence electrons. The monoisotopic (exact) mass is 292 g/mol. The molecule has 20 heavy (non-hydrogen) atoms. The molecule has 6 heteroatoms. The van der Waals surface area contributed by atoms with Gasteiger partial charge in [0, 0.05) is 16.0 Å². The lowest BCUT2D eigenvalue weighted by Crippen LogP contribution is -2.13. The van der Waals surface area contributed by atoms with Crippen molar-refractivity contribution in [2.45, 2.75) is 13.2 Å². The van der Waals surface area contributed by atoms with Crippen LogP contribution in [0.4, 0.5) is 0 Å². The fourth-order valence-corrected chi connectivity index (χ4v) is 2.41. The van der Waals surface area contributed by atoms with E-state index in [4.69, 9.17) is 20.4 Å². The van der Waals surface area contributed by atoms with E-state index in [0.29, 0.717) is 24.5 Å². The molecule has 0 atom stereocenters. The Labute approximate surface area is 121 Å². The fourth-order valence-electron chi connectivity index (χ4n) is 1.76. The molecule has 3 N–H and O–H groups in total. The Balaban J connectivity index is 2.08. The first-order chi connectivity index (χ1) is 9.74. The summed E-state index contributed by atoms with van der Waals surface area (Å²) in [5.41, 5.74) is 7.06. The first-order valence-corrected chi connectivity index (χ1v) is 6.87. The Kier molecular flexibility index (Phi) is 4.97. The number of amidine groups is 1. The van der Waals surface area contributed by atoms with Crippen molar-refractivity contribution in [2.24, 2.45) is 10.9 Å². The first kappa shape index (κ1) is 14.4. The normalized spacial score (nSPS) is 11.6. The van der Waals surface area contributed by atoms with Gasteiger partial charge < -0.3 is 20.4 Å². The summed E-state index contributed by atoms with van der Waals surface area (Å²) in [6, 6.07) is 9.31. The number of nitrogens with two attached hydrogens (primary N) is 1. The second kappa shape index (κ2) is 6.93. The summed E-state index contributed by atoms with van der Waals surface area (Å²) in [6.07, 6.45) is 0. The highest BCUT2D eigenvalue weighted by Gasteiger charge is 2.07. The molecule has 0 spiro atoms. The SMILES string of the molecule is COc1ccc(/C(N)=N/O)cc1COCc1cccs1. The van der Waals surface area contributed by atoms with E-state index < -0.39 is 0 Å². The quantitative estimate of drug-likeness (QED) is 0.371. The number of ether oxygens (including phenoxy) is 2. The predicted molar refractivity (Wildman–Crippen MR) is 78.3 cm³/mol. The van der Waals surface area contributed by atoms with Gasteiger partial charge in [0.1, 0.15) is 5.75 Å². The minimum atomic E-state index is 0.0622. The summed E-state index contributed by atoms with van der Waals surface area (Å²) in [5, 5.41) is 13.7. The van der Waals surface area contributed by atoms with Crippen LogP contribution in [0.25, 0.3) is 0 Å². The van der Waals surface area contributed by atoms with Crippen molar-refractivity contribution in [3.05, 3.63) is 51.7 Å². The molecule has 5 nitrogen and oxygen atoms in total. The Bertz CT molecular complexity index is 582. The number of oxime groups is 1. The van der Waals surface area contributed by atoms with E-state index in [9.17, 15) is 0 Å². The summed E-state index contributed by atoms with van der Waals surface area (Å²) in [5.74, 6) is 0.776. The molecular formula is C14H16N2O3S. The molecule has 2 aromatic rings. The maximum absolute atomic E-state index is 8.71. The van der Waals surface area contributed by atoms with Crippen LogP contribution in [-0.4, -0.2) is 18.2 Å². The van der Waals surface area contributed by atoms with Gasteiger partial charge in [0.2, 0.25) is 0 Å². The Morgan fingerprint density at radius 3 is 2.85 bits per heavy atom. The molecule has 0 unspecified atom stereocenters. The van der Waals surface area contributed by atoms with Gasteiger partial charge >= 0.3 is 0 Å². The summed E-state index contributed by atoms with van der Waals surface area (Å²) >= 11 is 1.65. The van der Waals surface area contributed by atoms with Crippen LogP contribution in [0.5, 0.6) is 5.75 Å². The minimum Gasteiger partial charge on any atom is -0.496 e. The van der Waals surface area contributed by atoms with Gasteiger partial charge in [-0.3, -0.25) is 0 Å². The number of hydrogen-bond acceptors (Lipinski definition) is 5. The molecule has 0 aliphatic carbocycles. The summed E-state index contributed by atoms with van der Waals surface area (Å²) < 4.78 is 10.9. The molecule has 1 heterocycles. The molecule has 0 aliphatic heterocycles. The molecule has 0 saturated carbocycles. The Morgan fingerprint density at radius 1 is 1.35 bits per heavy atom. The number of thiophene rings is 1. The zero-order valence-corrected chi connectivity index (χ0v) is 11.9. The Morgan fingerprint density at radius 2 is 2.20 bits per heavy atom. The van der Waals surface area contributed by atoms with Gasteiger partial charge in [0.05, 0.1) is 20.3 Å². The average Bonchev–Trinajstić information content (AvgIpc) is 2.99. The Hall–Kier alpha value is -2.05. The van der Waals surface area contributed by atoms with E-state index in [2.05, 4.69) is 5.16 Å². The van der Waals surface area contributed by atoms with Crippen LogP contribution in [-0.2, 0) is 18.0 Å². The van der Waals surface area contributed by atoms with Crippen LogP contribution >= 0.6 is 11.3 Å². The highest BCUT2D eigenvalue weighted by atomic mass is 32.1. The standard InChI is InChI=1S/C14H16N2O3S/c1-18-13-5-4-10(14(15)16-17)7-11(13)8-19-9-12-3-2-6-20-12/h2-7,17H,8-9H2,1H3,(H2,15,16). The van der Waals surface area contributed by atoms with Crippen molar-refractivity contribution >= 4 is 17.2 Å². The molecule has 0 fully saturated rings. The number of rotatable bonds is 6. The first-order valence-electron chi connectivity index (χ1n) is 5.99. The molecule has 0 aliphatic rings. The van der Waals surface area contributed by atoms with Crippen molar-refractivity contribution in [1.29, 1.82) is 0 Å². The molecule has 0 radical (unpaired) electrons. The number of hydrogen-bond donors (Lipinski definition) is 2. The smallest absolute Gasteiger partial charge is 0.170 e. The van der Waals surface area contributed by atoms with Gasteiger partial charge in [0.25, 0.3) is 0 Å². The maximum Gasteiger partial charge on any atom is 0.170 e. The van der Waals surface area contributed by atoms with Crippen molar-refractivity contribution in [2.75, 3.05) is 7.11 Å². The summed E-state index contributed by atoms with van der Waals surface area (Å²) in [7, 11) is 1.60. The van der Waals surface area contributed by atoms with E-state index in [1.54, 1.807) is 36.6 Å². The third kappa shape index (κ3) is 3.49. The maximum atomic E-state index is 8.71. The van der Waals surface area contributed by atoms with E-state index in [0.717, 1.165) is 10.4 Å². The lowest BCUT2D eigenvalue weighted by Gasteiger charge is -2.10. The summed E-state index contributed by atoms with van der Waals surface area (Å²) in [4.78, 5) is 1.16. The predicted octanol–water partition coefficient (Wildman–Crippen LogP) is 2.57. The largest absolute Gasteiger partial charge is 0.496 e. The highest BCUT2D eigenvalue weighted by molar-refractivity contribution is 7.09. The van der Waals surface area contributed by atoms with E-state index in [1.807, 2.05) is 17.5 Å². The molecule has 0 bridgehead atoms. The van der Waals surface area contributed by atoms with Crippen LogP contribution in [0.3, 0.4) is 0 Å². The lowest BCUT2D eigenvalue weighted by molar-refractivity contribution is 0.107. The zero-order chi connectivity index (χ0) is 14.4. The van der Waals surface area contributed by atoms with Gasteiger partial charge in [-0.15, -0.1) is 11.3 Å². The third-order valence-electron chi connectivity index (χ3n) is 2.77. The molecule has 0 saturated heterocycles. The second-order valence-corrected chi connectivity index (χ2v) is 5.12. The van der Waals surface area contributed by atoms with Crippen molar-refractivity contribution < 1.29 is 14.7 Å². The number of methoxy groups -OCH3 is 1. The van der Waals surface area contributed by atoms with Crippen molar-refractivity contribution in [3.8, 4) is 5.75 Å². The topological polar surface area (TPSA) is 77.1 Å². The van der Waals surface area contributed by atoms with Gasteiger partial charge in [-0.05, 0) is 29.6 Å². The van der Waals surface area contributed by atoms with Crippen LogP contribution in [0, 0.1) is 0 Å². The molecule has 1 aromatic carbocycles. The third-order valence-corrected chi connectivity index (χ3v) is 3.62. The van der Waals surface area contributed by atoms with E-state index in [1.165, 1.54) is 0 Å². The zero-order valence-electron chi connectivity index (χ0n) is 11.1. The molecular weight excluding hydrogens is 276 g/mol. The van der Waals surface area contributed by atoms with Gasteiger partial charge in [-0.25, -0.2) is 0 Å². The highest BCUT2D eigenvalue weighted by Crippen LogP contribution is 2.21. The van der Waals surface area contributed by atoms with Gasteiger partial charge in [0.15, 0.2) is 5.84 Å². The minimum absolute atomic E-state index is 0.0622. The van der Waals surface area contributed by atoms with Crippen LogP contribution in [0.15, 0.2) is 40.9 Å². The second-order valence-electron chi connectivity index (χ2n) is 4.08. The molecule has 2 rings (SSSR count). The summed E-state index contributed by atoms with van der Waals surface area (Å²) in [6.45, 7) is 0.947. The van der Waals surface area contributed by atoms with E-state index in [-0.39, 0.29) is 5.84 Å². The van der Waals surface area contributed by atoms with Gasteiger partial charge in [-0.1, -0.05) is 11.2 Å². The van der Waals surface area contributed by atoms with E-state index >= 15 is 0 Å².